The maximum atomic E-state index is 11.8. The first-order valence-electron chi connectivity index (χ1n) is 5.58. The van der Waals surface area contributed by atoms with E-state index in [1.54, 1.807) is 0 Å². The third kappa shape index (κ3) is 2.48. The van der Waals surface area contributed by atoms with Gasteiger partial charge in [-0.1, -0.05) is 18.2 Å². The second kappa shape index (κ2) is 4.47. The van der Waals surface area contributed by atoms with E-state index in [-0.39, 0.29) is 5.91 Å². The lowest BCUT2D eigenvalue weighted by atomic mass is 10.1. The van der Waals surface area contributed by atoms with Gasteiger partial charge in [-0.3, -0.25) is 4.79 Å². The fourth-order valence-electron chi connectivity index (χ4n) is 1.62. The largest absolute Gasteiger partial charge is 0.271 e. The van der Waals surface area contributed by atoms with Crippen LogP contribution in [0.4, 0.5) is 0 Å². The molecule has 0 spiro atoms. The first kappa shape index (κ1) is 10.9. The van der Waals surface area contributed by atoms with Crippen molar-refractivity contribution < 1.29 is 4.79 Å². The Balaban J connectivity index is 2.03. The topological polar surface area (TPSA) is 41.5 Å². The summed E-state index contributed by atoms with van der Waals surface area (Å²) in [5.41, 5.74) is 5.30. The number of benzene rings is 1. The Morgan fingerprint density at radius 1 is 1.38 bits per heavy atom. The number of rotatable bonds is 3. The van der Waals surface area contributed by atoms with Crippen molar-refractivity contribution in [3.05, 3.63) is 35.4 Å². The standard InChI is InChI=1S/C13H16N2O/c1-9-5-3-4-6-12(9)13(16)15-14-10(2)11-7-8-11/h3-6,11H,7-8H2,1-2H3,(H,15,16). The zero-order valence-corrected chi connectivity index (χ0v) is 9.66. The van der Waals surface area contributed by atoms with Gasteiger partial charge in [0.15, 0.2) is 0 Å². The number of carbonyl (C=O) groups excluding carboxylic acids is 1. The number of aryl methyl sites for hydroxylation is 1. The molecule has 1 aromatic carbocycles. The average Bonchev–Trinajstić information content (AvgIpc) is 3.10. The van der Waals surface area contributed by atoms with Crippen LogP contribution in [0.1, 0.15) is 35.7 Å². The summed E-state index contributed by atoms with van der Waals surface area (Å²) >= 11 is 0. The summed E-state index contributed by atoms with van der Waals surface area (Å²) in [4.78, 5) is 11.8. The molecule has 16 heavy (non-hydrogen) atoms. The van der Waals surface area contributed by atoms with E-state index in [4.69, 9.17) is 0 Å². The number of hydrogen-bond acceptors (Lipinski definition) is 2. The van der Waals surface area contributed by atoms with Gasteiger partial charge in [0.2, 0.25) is 0 Å². The molecule has 1 amide bonds. The van der Waals surface area contributed by atoms with Crippen LogP contribution in [0.15, 0.2) is 29.4 Å². The van der Waals surface area contributed by atoms with Crippen molar-refractivity contribution in [2.24, 2.45) is 11.0 Å². The maximum absolute atomic E-state index is 11.8. The van der Waals surface area contributed by atoms with Crippen LogP contribution < -0.4 is 5.43 Å². The second-order valence-electron chi connectivity index (χ2n) is 4.28. The molecule has 1 aromatic rings. The Labute approximate surface area is 95.6 Å². The van der Waals surface area contributed by atoms with Crippen LogP contribution >= 0.6 is 0 Å². The van der Waals surface area contributed by atoms with Gasteiger partial charge in [-0.05, 0) is 44.2 Å². The lowest BCUT2D eigenvalue weighted by Crippen LogP contribution is -2.20. The minimum atomic E-state index is -0.127. The number of amides is 1. The zero-order valence-electron chi connectivity index (χ0n) is 9.66. The van der Waals surface area contributed by atoms with Gasteiger partial charge >= 0.3 is 0 Å². The summed E-state index contributed by atoms with van der Waals surface area (Å²) in [6, 6.07) is 7.52. The number of hydrogen-bond donors (Lipinski definition) is 1. The van der Waals surface area contributed by atoms with Gasteiger partial charge in [-0.25, -0.2) is 5.43 Å². The molecule has 0 bridgehead atoms. The highest BCUT2D eigenvalue weighted by atomic mass is 16.2. The Morgan fingerprint density at radius 2 is 2.06 bits per heavy atom. The van der Waals surface area contributed by atoms with Crippen LogP contribution in [0.2, 0.25) is 0 Å². The Hall–Kier alpha value is -1.64. The molecule has 1 fully saturated rings. The van der Waals surface area contributed by atoms with E-state index in [1.807, 2.05) is 38.1 Å². The van der Waals surface area contributed by atoms with Crippen LogP contribution in [0.25, 0.3) is 0 Å². The van der Waals surface area contributed by atoms with E-state index in [2.05, 4.69) is 10.5 Å². The second-order valence-corrected chi connectivity index (χ2v) is 4.28. The lowest BCUT2D eigenvalue weighted by Gasteiger charge is -2.04. The smallest absolute Gasteiger partial charge is 0.267 e. The quantitative estimate of drug-likeness (QED) is 0.612. The number of nitrogens with zero attached hydrogens (tertiary/aromatic N) is 1. The first-order valence-corrected chi connectivity index (χ1v) is 5.58. The summed E-state index contributed by atoms with van der Waals surface area (Å²) < 4.78 is 0. The molecule has 0 radical (unpaired) electrons. The van der Waals surface area contributed by atoms with Crippen LogP contribution in [0, 0.1) is 12.8 Å². The van der Waals surface area contributed by atoms with Gasteiger partial charge < -0.3 is 0 Å². The molecular weight excluding hydrogens is 200 g/mol. The molecule has 1 N–H and O–H groups in total. The van der Waals surface area contributed by atoms with Crippen molar-refractivity contribution >= 4 is 11.6 Å². The minimum Gasteiger partial charge on any atom is -0.267 e. The molecule has 3 heteroatoms. The summed E-state index contributed by atoms with van der Waals surface area (Å²) in [6.45, 7) is 3.89. The summed E-state index contributed by atoms with van der Waals surface area (Å²) in [5.74, 6) is 0.468. The molecule has 1 saturated carbocycles. The highest BCUT2D eigenvalue weighted by Gasteiger charge is 2.24. The molecule has 0 saturated heterocycles. The molecule has 0 atom stereocenters. The molecule has 0 unspecified atom stereocenters. The molecule has 84 valence electrons. The predicted molar refractivity (Wildman–Crippen MR) is 64.5 cm³/mol. The minimum absolute atomic E-state index is 0.127. The predicted octanol–water partition coefficient (Wildman–Crippen LogP) is 2.51. The molecule has 1 aliphatic rings. The monoisotopic (exact) mass is 216 g/mol. The average molecular weight is 216 g/mol. The van der Waals surface area contributed by atoms with E-state index in [1.165, 1.54) is 12.8 Å². The fraction of sp³-hybridized carbons (Fsp3) is 0.385. The third-order valence-electron chi connectivity index (χ3n) is 2.89. The van der Waals surface area contributed by atoms with Crippen LogP contribution in [-0.4, -0.2) is 11.6 Å². The Kier molecular flexibility index (Phi) is 3.04. The van der Waals surface area contributed by atoms with Crippen LogP contribution in [0.3, 0.4) is 0 Å². The van der Waals surface area contributed by atoms with Crippen molar-refractivity contribution in [1.82, 2.24) is 5.43 Å². The van der Waals surface area contributed by atoms with E-state index in [9.17, 15) is 4.79 Å². The SMILES string of the molecule is CC(=NNC(=O)c1ccccc1C)C1CC1. The van der Waals surface area contributed by atoms with Gasteiger partial charge in [0, 0.05) is 11.3 Å². The molecule has 0 aliphatic heterocycles. The molecule has 2 rings (SSSR count). The number of hydrazone groups is 1. The van der Waals surface area contributed by atoms with Crippen molar-refractivity contribution in [2.75, 3.05) is 0 Å². The Bertz CT molecular complexity index is 433. The molecule has 0 heterocycles. The number of nitrogens with one attached hydrogen (secondary N) is 1. The fourth-order valence-corrected chi connectivity index (χ4v) is 1.62. The summed E-state index contributed by atoms with van der Waals surface area (Å²) in [6.07, 6.45) is 2.41. The third-order valence-corrected chi connectivity index (χ3v) is 2.89. The van der Waals surface area contributed by atoms with E-state index in [0.29, 0.717) is 11.5 Å². The van der Waals surface area contributed by atoms with Crippen molar-refractivity contribution in [3.63, 3.8) is 0 Å². The lowest BCUT2D eigenvalue weighted by molar-refractivity contribution is 0.0954. The first-order chi connectivity index (χ1) is 7.68. The highest BCUT2D eigenvalue weighted by molar-refractivity contribution is 5.96. The number of carbonyl (C=O) groups is 1. The van der Waals surface area contributed by atoms with E-state index >= 15 is 0 Å². The van der Waals surface area contributed by atoms with Gasteiger partial charge in [-0.15, -0.1) is 0 Å². The van der Waals surface area contributed by atoms with Crippen LogP contribution in [0.5, 0.6) is 0 Å². The molecular formula is C13H16N2O. The highest BCUT2D eigenvalue weighted by Crippen LogP contribution is 2.30. The van der Waals surface area contributed by atoms with Gasteiger partial charge in [0.1, 0.15) is 0 Å². The molecule has 0 aromatic heterocycles. The van der Waals surface area contributed by atoms with E-state index < -0.39 is 0 Å². The maximum Gasteiger partial charge on any atom is 0.271 e. The molecule has 1 aliphatic carbocycles. The normalized spacial score (nSPS) is 16.0. The van der Waals surface area contributed by atoms with Gasteiger partial charge in [0.25, 0.3) is 5.91 Å². The Morgan fingerprint density at radius 3 is 2.69 bits per heavy atom. The van der Waals surface area contributed by atoms with E-state index in [0.717, 1.165) is 11.3 Å². The van der Waals surface area contributed by atoms with Crippen LogP contribution in [-0.2, 0) is 0 Å². The van der Waals surface area contributed by atoms with Gasteiger partial charge in [-0.2, -0.15) is 5.10 Å². The van der Waals surface area contributed by atoms with Crippen molar-refractivity contribution in [1.29, 1.82) is 0 Å². The zero-order chi connectivity index (χ0) is 11.5. The summed E-state index contributed by atoms with van der Waals surface area (Å²) in [7, 11) is 0. The summed E-state index contributed by atoms with van der Waals surface area (Å²) in [5, 5.41) is 4.12. The molecule has 3 nitrogen and oxygen atoms in total. The van der Waals surface area contributed by atoms with Gasteiger partial charge in [0.05, 0.1) is 0 Å². The van der Waals surface area contributed by atoms with Crippen molar-refractivity contribution in [2.45, 2.75) is 26.7 Å². The van der Waals surface area contributed by atoms with Crippen molar-refractivity contribution in [3.8, 4) is 0 Å².